The standard InChI is InChI=1S/C22H22BrF3N4O/c1-4-13-31-18-11-9-16(10-12-18)29(2)20-19(22(24,25)26)14-27-21(28-20)30(3)17-7-5-15(23)6-8-17/h5-12,14H,4,13H2,1-3H3. The zero-order chi connectivity index (χ0) is 22.6. The lowest BCUT2D eigenvalue weighted by Gasteiger charge is -2.25. The van der Waals surface area contributed by atoms with E-state index in [1.54, 1.807) is 43.3 Å². The lowest BCUT2D eigenvalue weighted by atomic mass is 10.2. The van der Waals surface area contributed by atoms with Gasteiger partial charge >= 0.3 is 6.18 Å². The van der Waals surface area contributed by atoms with Crippen LogP contribution in [0.15, 0.2) is 59.2 Å². The Hall–Kier alpha value is -2.81. The molecule has 2 aromatic carbocycles. The summed E-state index contributed by atoms with van der Waals surface area (Å²) in [6, 6.07) is 14.2. The number of hydrogen-bond acceptors (Lipinski definition) is 5. The van der Waals surface area contributed by atoms with Crippen LogP contribution in [0.4, 0.5) is 36.3 Å². The number of rotatable bonds is 7. The summed E-state index contributed by atoms with van der Waals surface area (Å²) < 4.78 is 47.5. The minimum Gasteiger partial charge on any atom is -0.494 e. The third-order valence-electron chi connectivity index (χ3n) is 4.59. The Balaban J connectivity index is 1.98. The molecule has 5 nitrogen and oxygen atoms in total. The number of aromatic nitrogens is 2. The molecule has 1 aromatic heterocycles. The van der Waals surface area contributed by atoms with Gasteiger partial charge in [0.25, 0.3) is 0 Å². The topological polar surface area (TPSA) is 41.5 Å². The van der Waals surface area contributed by atoms with Crippen molar-refractivity contribution in [2.24, 2.45) is 0 Å². The van der Waals surface area contributed by atoms with Crippen LogP contribution in [0.2, 0.25) is 0 Å². The monoisotopic (exact) mass is 494 g/mol. The van der Waals surface area contributed by atoms with E-state index in [2.05, 4.69) is 25.9 Å². The summed E-state index contributed by atoms with van der Waals surface area (Å²) in [5.41, 5.74) is 0.383. The first kappa shape index (κ1) is 22.9. The highest BCUT2D eigenvalue weighted by atomic mass is 79.9. The van der Waals surface area contributed by atoms with Gasteiger partial charge in [-0.2, -0.15) is 18.2 Å². The van der Waals surface area contributed by atoms with Crippen molar-refractivity contribution >= 4 is 39.1 Å². The molecule has 0 amide bonds. The molecule has 164 valence electrons. The fourth-order valence-electron chi connectivity index (χ4n) is 2.87. The van der Waals surface area contributed by atoms with Crippen molar-refractivity contribution in [3.63, 3.8) is 0 Å². The van der Waals surface area contributed by atoms with E-state index < -0.39 is 11.7 Å². The van der Waals surface area contributed by atoms with Crippen LogP contribution in [0, 0.1) is 0 Å². The zero-order valence-electron chi connectivity index (χ0n) is 17.3. The predicted octanol–water partition coefficient (Wildman–Crippen LogP) is 6.58. The van der Waals surface area contributed by atoms with Crippen molar-refractivity contribution < 1.29 is 17.9 Å². The maximum atomic E-state index is 13.7. The molecule has 0 N–H and O–H groups in total. The lowest BCUT2D eigenvalue weighted by Crippen LogP contribution is -2.21. The van der Waals surface area contributed by atoms with Crippen LogP contribution in [-0.2, 0) is 6.18 Å². The van der Waals surface area contributed by atoms with E-state index in [-0.39, 0.29) is 11.8 Å². The Kier molecular flexibility index (Phi) is 7.04. The summed E-state index contributed by atoms with van der Waals surface area (Å²) in [5, 5.41) is 0. The minimum atomic E-state index is -4.59. The number of alkyl halides is 3. The maximum absolute atomic E-state index is 13.7. The van der Waals surface area contributed by atoms with Gasteiger partial charge in [-0.05, 0) is 55.0 Å². The van der Waals surface area contributed by atoms with Gasteiger partial charge in [-0.1, -0.05) is 22.9 Å². The molecule has 0 saturated heterocycles. The number of benzene rings is 2. The Morgan fingerprint density at radius 1 is 0.935 bits per heavy atom. The third kappa shape index (κ3) is 5.46. The van der Waals surface area contributed by atoms with Crippen molar-refractivity contribution in [2.75, 3.05) is 30.5 Å². The second-order valence-electron chi connectivity index (χ2n) is 6.84. The first-order valence-corrected chi connectivity index (χ1v) is 10.4. The Bertz CT molecular complexity index is 1010. The van der Waals surface area contributed by atoms with E-state index in [0.29, 0.717) is 18.0 Å². The third-order valence-corrected chi connectivity index (χ3v) is 5.12. The zero-order valence-corrected chi connectivity index (χ0v) is 18.9. The number of hydrogen-bond donors (Lipinski definition) is 0. The molecule has 0 aliphatic heterocycles. The van der Waals surface area contributed by atoms with Crippen molar-refractivity contribution in [3.05, 3.63) is 64.8 Å². The Labute approximate surface area is 187 Å². The van der Waals surface area contributed by atoms with E-state index in [9.17, 15) is 13.2 Å². The number of halogens is 4. The molecule has 0 aliphatic carbocycles. The molecule has 0 unspecified atom stereocenters. The summed E-state index contributed by atoms with van der Waals surface area (Å²) in [5.74, 6) is 0.581. The molecule has 0 radical (unpaired) electrons. The normalized spacial score (nSPS) is 11.3. The summed E-state index contributed by atoms with van der Waals surface area (Å²) in [4.78, 5) is 11.3. The number of ether oxygens (including phenoxy) is 1. The fraction of sp³-hybridized carbons (Fsp3) is 0.273. The molecule has 0 atom stereocenters. The van der Waals surface area contributed by atoms with Crippen LogP contribution >= 0.6 is 15.9 Å². The summed E-state index contributed by atoms with van der Waals surface area (Å²) in [6.07, 6.45) is -2.91. The van der Waals surface area contributed by atoms with E-state index in [0.717, 1.165) is 22.8 Å². The summed E-state index contributed by atoms with van der Waals surface area (Å²) in [6.45, 7) is 2.57. The molecule has 0 bridgehead atoms. The Morgan fingerprint density at radius 2 is 1.52 bits per heavy atom. The molecule has 3 rings (SSSR count). The highest BCUT2D eigenvalue weighted by Gasteiger charge is 2.37. The van der Waals surface area contributed by atoms with Crippen LogP contribution in [0.3, 0.4) is 0 Å². The van der Waals surface area contributed by atoms with Crippen LogP contribution in [0.25, 0.3) is 0 Å². The number of anilines is 4. The van der Waals surface area contributed by atoms with Gasteiger partial charge in [0.2, 0.25) is 5.95 Å². The van der Waals surface area contributed by atoms with Crippen molar-refractivity contribution in [1.82, 2.24) is 9.97 Å². The molecule has 9 heteroatoms. The summed E-state index contributed by atoms with van der Waals surface area (Å²) in [7, 11) is 3.25. The minimum absolute atomic E-state index is 0.153. The smallest absolute Gasteiger partial charge is 0.421 e. The van der Waals surface area contributed by atoms with Crippen molar-refractivity contribution in [2.45, 2.75) is 19.5 Å². The van der Waals surface area contributed by atoms with E-state index in [4.69, 9.17) is 4.74 Å². The number of nitrogens with zero attached hydrogens (tertiary/aromatic N) is 4. The van der Waals surface area contributed by atoms with Crippen LogP contribution in [-0.4, -0.2) is 30.7 Å². The van der Waals surface area contributed by atoms with Gasteiger partial charge in [-0.25, -0.2) is 4.98 Å². The first-order chi connectivity index (χ1) is 14.7. The molecule has 0 fully saturated rings. The molecule has 3 aromatic rings. The van der Waals surface area contributed by atoms with Crippen LogP contribution < -0.4 is 14.5 Å². The highest BCUT2D eigenvalue weighted by molar-refractivity contribution is 9.10. The highest BCUT2D eigenvalue weighted by Crippen LogP contribution is 2.38. The molecule has 0 spiro atoms. The van der Waals surface area contributed by atoms with Gasteiger partial charge in [-0.15, -0.1) is 0 Å². The van der Waals surface area contributed by atoms with Gasteiger partial charge in [-0.3, -0.25) is 0 Å². The first-order valence-electron chi connectivity index (χ1n) is 9.61. The van der Waals surface area contributed by atoms with Crippen LogP contribution in [0.5, 0.6) is 5.75 Å². The SMILES string of the molecule is CCCOc1ccc(N(C)c2nc(N(C)c3ccc(Br)cc3)ncc2C(F)(F)F)cc1. The maximum Gasteiger partial charge on any atom is 0.421 e. The van der Waals surface area contributed by atoms with Gasteiger partial charge in [0, 0.05) is 36.1 Å². The van der Waals surface area contributed by atoms with Gasteiger partial charge in [0.1, 0.15) is 11.3 Å². The van der Waals surface area contributed by atoms with E-state index in [1.165, 1.54) is 4.90 Å². The van der Waals surface area contributed by atoms with Gasteiger partial charge in [0.05, 0.1) is 6.61 Å². The average molecular weight is 495 g/mol. The molecular weight excluding hydrogens is 473 g/mol. The molecule has 1 heterocycles. The predicted molar refractivity (Wildman–Crippen MR) is 120 cm³/mol. The second kappa shape index (κ2) is 9.55. The van der Waals surface area contributed by atoms with Gasteiger partial charge < -0.3 is 14.5 Å². The molecule has 0 aliphatic rings. The fourth-order valence-corrected chi connectivity index (χ4v) is 3.13. The van der Waals surface area contributed by atoms with Crippen LogP contribution in [0.1, 0.15) is 18.9 Å². The van der Waals surface area contributed by atoms with Gasteiger partial charge in [0.15, 0.2) is 5.82 Å². The summed E-state index contributed by atoms with van der Waals surface area (Å²) >= 11 is 3.37. The Morgan fingerprint density at radius 3 is 2.10 bits per heavy atom. The second-order valence-corrected chi connectivity index (χ2v) is 7.76. The van der Waals surface area contributed by atoms with Crippen molar-refractivity contribution in [1.29, 1.82) is 0 Å². The largest absolute Gasteiger partial charge is 0.494 e. The van der Waals surface area contributed by atoms with Crippen molar-refractivity contribution in [3.8, 4) is 5.75 Å². The quantitative estimate of drug-likeness (QED) is 0.370. The molecular formula is C22H22BrF3N4O. The molecule has 0 saturated carbocycles. The average Bonchev–Trinajstić information content (AvgIpc) is 2.76. The molecule has 31 heavy (non-hydrogen) atoms. The van der Waals surface area contributed by atoms with E-state index >= 15 is 0 Å². The lowest BCUT2D eigenvalue weighted by molar-refractivity contribution is -0.137. The van der Waals surface area contributed by atoms with E-state index in [1.807, 2.05) is 31.2 Å².